The average Bonchev–Trinajstić information content (AvgIpc) is 2.69. The first-order valence-electron chi connectivity index (χ1n) is 9.05. The highest BCUT2D eigenvalue weighted by Gasteiger charge is 2.22. The molecular formula is C21H22ClNO5. The Morgan fingerprint density at radius 3 is 2.57 bits per heavy atom. The van der Waals surface area contributed by atoms with Crippen LogP contribution in [0.3, 0.4) is 0 Å². The van der Waals surface area contributed by atoms with Gasteiger partial charge in [0.05, 0.1) is 11.6 Å². The number of fused-ring (bicyclic) bond motifs is 1. The summed E-state index contributed by atoms with van der Waals surface area (Å²) in [7, 11) is 0. The second-order valence-electron chi connectivity index (χ2n) is 6.78. The number of hydrogen-bond donors (Lipinski definition) is 1. The lowest BCUT2D eigenvalue weighted by Gasteiger charge is -2.25. The summed E-state index contributed by atoms with van der Waals surface area (Å²) in [6, 6.07) is 11.7. The molecular weight excluding hydrogens is 382 g/mol. The lowest BCUT2D eigenvalue weighted by molar-refractivity contribution is -0.125. The number of amides is 1. The van der Waals surface area contributed by atoms with Crippen molar-refractivity contribution in [3.8, 4) is 11.5 Å². The molecule has 148 valence electrons. The maximum absolute atomic E-state index is 12.4. The van der Waals surface area contributed by atoms with Crippen LogP contribution in [0.25, 0.3) is 0 Å². The average molecular weight is 404 g/mol. The number of benzene rings is 2. The van der Waals surface area contributed by atoms with E-state index in [-0.39, 0.29) is 24.5 Å². The van der Waals surface area contributed by atoms with E-state index >= 15 is 0 Å². The predicted molar refractivity (Wildman–Crippen MR) is 105 cm³/mol. The highest BCUT2D eigenvalue weighted by atomic mass is 35.5. The Labute approximate surface area is 168 Å². The number of carbonyl (C=O) groups excluding carboxylic acids is 2. The third-order valence-electron chi connectivity index (χ3n) is 4.30. The number of hydrogen-bond acceptors (Lipinski definition) is 5. The van der Waals surface area contributed by atoms with Gasteiger partial charge < -0.3 is 19.5 Å². The van der Waals surface area contributed by atoms with Gasteiger partial charge in [0.15, 0.2) is 18.1 Å². The van der Waals surface area contributed by atoms with Crippen molar-refractivity contribution in [3.05, 3.63) is 58.6 Å². The molecule has 2 aromatic carbocycles. The van der Waals surface area contributed by atoms with Gasteiger partial charge in [0.25, 0.3) is 5.91 Å². The second kappa shape index (κ2) is 8.97. The van der Waals surface area contributed by atoms with Gasteiger partial charge >= 0.3 is 5.97 Å². The molecule has 0 radical (unpaired) electrons. The van der Waals surface area contributed by atoms with Crippen LogP contribution in [0.4, 0.5) is 0 Å². The Morgan fingerprint density at radius 2 is 1.86 bits per heavy atom. The summed E-state index contributed by atoms with van der Waals surface area (Å²) in [6.45, 7) is 4.64. The molecule has 0 bridgehead atoms. The largest absolute Gasteiger partial charge is 0.486 e. The van der Waals surface area contributed by atoms with Crippen molar-refractivity contribution >= 4 is 23.5 Å². The molecule has 6 nitrogen and oxygen atoms in total. The third-order valence-corrected chi connectivity index (χ3v) is 4.54. The standard InChI is InChI=1S/C21H22ClNO5/c1-13(2)20(14-6-7-17-18(11-14)27-9-8-26-17)23-19(24)12-28-21(25)15-4-3-5-16(22)10-15/h3-7,10-11,13,20H,8-9,12H2,1-2H3,(H,23,24)/t20-/m1/s1. The Balaban J connectivity index is 1.62. The van der Waals surface area contributed by atoms with Crippen molar-refractivity contribution in [2.24, 2.45) is 5.92 Å². The van der Waals surface area contributed by atoms with Crippen molar-refractivity contribution in [2.75, 3.05) is 19.8 Å². The minimum atomic E-state index is -0.599. The molecule has 0 spiro atoms. The molecule has 0 unspecified atom stereocenters. The molecule has 1 heterocycles. The maximum atomic E-state index is 12.4. The molecule has 1 atom stereocenters. The Hall–Kier alpha value is -2.73. The number of rotatable bonds is 6. The monoisotopic (exact) mass is 403 g/mol. The van der Waals surface area contributed by atoms with Gasteiger partial charge in [-0.2, -0.15) is 0 Å². The van der Waals surface area contributed by atoms with Crippen molar-refractivity contribution in [1.82, 2.24) is 5.32 Å². The van der Waals surface area contributed by atoms with Gasteiger partial charge in [-0.05, 0) is 41.8 Å². The Kier molecular flexibility index (Phi) is 6.41. The lowest BCUT2D eigenvalue weighted by Crippen LogP contribution is -2.35. The number of esters is 1. The zero-order valence-electron chi connectivity index (χ0n) is 15.7. The fraction of sp³-hybridized carbons (Fsp3) is 0.333. The van der Waals surface area contributed by atoms with Crippen molar-refractivity contribution in [3.63, 3.8) is 0 Å². The van der Waals surface area contributed by atoms with Crippen LogP contribution in [0.15, 0.2) is 42.5 Å². The number of carbonyl (C=O) groups is 2. The smallest absolute Gasteiger partial charge is 0.338 e. The summed E-state index contributed by atoms with van der Waals surface area (Å²) < 4.78 is 16.3. The van der Waals surface area contributed by atoms with E-state index in [4.69, 9.17) is 25.8 Å². The fourth-order valence-corrected chi connectivity index (χ4v) is 3.12. The zero-order valence-corrected chi connectivity index (χ0v) is 16.5. The number of nitrogens with one attached hydrogen (secondary N) is 1. The van der Waals surface area contributed by atoms with E-state index in [9.17, 15) is 9.59 Å². The fourth-order valence-electron chi connectivity index (χ4n) is 2.93. The highest BCUT2D eigenvalue weighted by Crippen LogP contribution is 2.34. The molecule has 0 aliphatic carbocycles. The summed E-state index contributed by atoms with van der Waals surface area (Å²) in [4.78, 5) is 24.4. The van der Waals surface area contributed by atoms with Crippen molar-refractivity contribution < 1.29 is 23.8 Å². The molecule has 0 aromatic heterocycles. The Morgan fingerprint density at radius 1 is 1.11 bits per heavy atom. The third kappa shape index (κ3) is 4.95. The highest BCUT2D eigenvalue weighted by molar-refractivity contribution is 6.30. The Bertz CT molecular complexity index is 868. The normalized spacial score (nSPS) is 13.7. The van der Waals surface area contributed by atoms with Crippen LogP contribution < -0.4 is 14.8 Å². The van der Waals surface area contributed by atoms with Crippen LogP contribution in [0, 0.1) is 5.92 Å². The summed E-state index contributed by atoms with van der Waals surface area (Å²) in [5, 5.41) is 3.35. The van der Waals surface area contributed by atoms with E-state index in [1.54, 1.807) is 18.2 Å². The first-order chi connectivity index (χ1) is 13.4. The predicted octanol–water partition coefficient (Wildman–Crippen LogP) is 3.78. The van der Waals surface area contributed by atoms with Gasteiger partial charge in [-0.1, -0.05) is 37.6 Å². The van der Waals surface area contributed by atoms with Gasteiger partial charge in [-0.3, -0.25) is 4.79 Å². The van der Waals surface area contributed by atoms with Gasteiger partial charge in [0, 0.05) is 5.02 Å². The van der Waals surface area contributed by atoms with Crippen molar-refractivity contribution in [2.45, 2.75) is 19.9 Å². The number of halogens is 1. The van der Waals surface area contributed by atoms with Gasteiger partial charge in [0.1, 0.15) is 13.2 Å². The molecule has 0 fully saturated rings. The molecule has 7 heteroatoms. The maximum Gasteiger partial charge on any atom is 0.338 e. The molecule has 28 heavy (non-hydrogen) atoms. The van der Waals surface area contributed by atoms with Crippen LogP contribution in [-0.4, -0.2) is 31.7 Å². The summed E-state index contributed by atoms with van der Waals surface area (Å²) in [6.07, 6.45) is 0. The minimum Gasteiger partial charge on any atom is -0.486 e. The minimum absolute atomic E-state index is 0.121. The van der Waals surface area contributed by atoms with Crippen LogP contribution in [-0.2, 0) is 9.53 Å². The molecule has 3 rings (SSSR count). The number of ether oxygens (including phenoxy) is 3. The SMILES string of the molecule is CC(C)[C@@H](NC(=O)COC(=O)c1cccc(Cl)c1)c1ccc2c(c1)OCCO2. The van der Waals surface area contributed by atoms with Crippen molar-refractivity contribution in [1.29, 1.82) is 0 Å². The van der Waals surface area contributed by atoms with Gasteiger partial charge in [-0.25, -0.2) is 4.79 Å². The van der Waals surface area contributed by atoms with Crippen LogP contribution in [0.1, 0.15) is 35.8 Å². The van der Waals surface area contributed by atoms with E-state index < -0.39 is 5.97 Å². The van der Waals surface area contributed by atoms with Crippen LogP contribution >= 0.6 is 11.6 Å². The lowest BCUT2D eigenvalue weighted by atomic mass is 9.95. The van der Waals surface area contributed by atoms with Gasteiger partial charge in [0.2, 0.25) is 0 Å². The molecule has 1 amide bonds. The second-order valence-corrected chi connectivity index (χ2v) is 7.22. The van der Waals surface area contributed by atoms with E-state index in [0.717, 1.165) is 5.56 Å². The molecule has 1 aliphatic rings. The van der Waals surface area contributed by atoms with E-state index in [1.807, 2.05) is 32.0 Å². The molecule has 2 aromatic rings. The van der Waals surface area contributed by atoms with E-state index in [2.05, 4.69) is 5.32 Å². The quantitative estimate of drug-likeness (QED) is 0.743. The molecule has 1 aliphatic heterocycles. The summed E-state index contributed by atoms with van der Waals surface area (Å²) in [5.74, 6) is 0.493. The van der Waals surface area contributed by atoms with Crippen LogP contribution in [0.5, 0.6) is 11.5 Å². The topological polar surface area (TPSA) is 73.9 Å². The molecule has 0 saturated heterocycles. The zero-order chi connectivity index (χ0) is 20.1. The first kappa shape index (κ1) is 20.0. The van der Waals surface area contributed by atoms with E-state index in [1.165, 1.54) is 6.07 Å². The van der Waals surface area contributed by atoms with E-state index in [0.29, 0.717) is 35.3 Å². The molecule has 1 N–H and O–H groups in total. The van der Waals surface area contributed by atoms with Crippen LogP contribution in [0.2, 0.25) is 5.02 Å². The molecule has 0 saturated carbocycles. The summed E-state index contributed by atoms with van der Waals surface area (Å²) >= 11 is 5.87. The first-order valence-corrected chi connectivity index (χ1v) is 9.43. The summed E-state index contributed by atoms with van der Waals surface area (Å²) in [5.41, 5.74) is 1.20. The van der Waals surface area contributed by atoms with Gasteiger partial charge in [-0.15, -0.1) is 0 Å².